The summed E-state index contributed by atoms with van der Waals surface area (Å²) in [5, 5.41) is 94.9. The van der Waals surface area contributed by atoms with Crippen molar-refractivity contribution in [1.82, 2.24) is 0 Å². The zero-order valence-electron chi connectivity index (χ0n) is 26.9. The third kappa shape index (κ3) is 5.64. The summed E-state index contributed by atoms with van der Waals surface area (Å²) in [6.07, 6.45) is -9.75. The van der Waals surface area contributed by atoms with Gasteiger partial charge in [0.2, 0.25) is 0 Å². The number of ketones is 2. The molecule has 0 spiro atoms. The number of hydrogen-bond acceptors (Lipinski definition) is 15. The van der Waals surface area contributed by atoms with Crippen molar-refractivity contribution in [2.75, 3.05) is 19.8 Å². The average molecular weight is 685 g/mol. The van der Waals surface area contributed by atoms with E-state index < -0.39 is 110 Å². The molecule has 6 rings (SSSR count). The van der Waals surface area contributed by atoms with E-state index in [0.29, 0.717) is 19.3 Å². The van der Waals surface area contributed by atoms with Crippen LogP contribution in [0.25, 0.3) is 0 Å². The molecular weight excluding hydrogens is 636 g/mol. The fourth-order valence-electron chi connectivity index (χ4n) is 9.65. The molecule has 15 heteroatoms. The van der Waals surface area contributed by atoms with Gasteiger partial charge in [-0.25, -0.2) is 0 Å². The van der Waals surface area contributed by atoms with Gasteiger partial charge >= 0.3 is 0 Å². The molecule has 6 aliphatic rings. The summed E-state index contributed by atoms with van der Waals surface area (Å²) in [7, 11) is 0. The highest BCUT2D eigenvalue weighted by atomic mass is 16.7. The van der Waals surface area contributed by atoms with E-state index in [4.69, 9.17) is 18.9 Å². The van der Waals surface area contributed by atoms with E-state index in [1.54, 1.807) is 12.2 Å². The van der Waals surface area contributed by atoms with Crippen molar-refractivity contribution in [3.8, 4) is 0 Å². The standard InChI is InChI=1S/C33H48O15/c1-31-7-5-15(35)9-14(31)3-4-16-17-6-8-33(44,32(17,2)10-18(36)22(16)31)21(37)13-46-30-28(43)26(41)24(39)20(48-30)12-45-29-27(42)25(40)23(38)19(11-34)47-29/h5,7,9,16-20,22-30,34,36,38-44H,3-4,6,8,10-13H2,1-2H3/t16-,17-,18-,19?,20?,22+,23?,24?,25?,26?,27?,28?,29?,30?,31-,32-,33-/m0/s1. The Morgan fingerprint density at radius 2 is 1.52 bits per heavy atom. The molecule has 17 atom stereocenters. The number of allylic oxidation sites excluding steroid dienone is 4. The Hall–Kier alpha value is -1.70. The van der Waals surface area contributed by atoms with Crippen LogP contribution in [0.15, 0.2) is 23.8 Å². The van der Waals surface area contributed by atoms with Crippen molar-refractivity contribution in [1.29, 1.82) is 0 Å². The Bertz CT molecular complexity index is 1300. The first-order chi connectivity index (χ1) is 22.6. The predicted molar refractivity (Wildman–Crippen MR) is 160 cm³/mol. The smallest absolute Gasteiger partial charge is 0.190 e. The molecule has 10 unspecified atom stereocenters. The van der Waals surface area contributed by atoms with Crippen molar-refractivity contribution in [3.63, 3.8) is 0 Å². The zero-order valence-corrected chi connectivity index (χ0v) is 26.9. The lowest BCUT2D eigenvalue weighted by Crippen LogP contribution is -2.63. The van der Waals surface area contributed by atoms with Crippen LogP contribution in [-0.4, -0.2) is 150 Å². The van der Waals surface area contributed by atoms with Crippen LogP contribution in [0, 0.1) is 28.6 Å². The quantitative estimate of drug-likeness (QED) is 0.125. The predicted octanol–water partition coefficient (Wildman–Crippen LogP) is -2.79. The monoisotopic (exact) mass is 684 g/mol. The summed E-state index contributed by atoms with van der Waals surface area (Å²) >= 11 is 0. The summed E-state index contributed by atoms with van der Waals surface area (Å²) in [6, 6.07) is 0. The van der Waals surface area contributed by atoms with E-state index in [-0.39, 0.29) is 36.4 Å². The molecular formula is C33H48O15. The van der Waals surface area contributed by atoms with Crippen molar-refractivity contribution in [2.45, 2.75) is 119 Å². The lowest BCUT2D eigenvalue weighted by Gasteiger charge is -2.59. The molecule has 4 aliphatic carbocycles. The Labute approximate surface area is 277 Å². The minimum atomic E-state index is -1.87. The maximum atomic E-state index is 13.8. The average Bonchev–Trinajstić information content (AvgIpc) is 3.32. The minimum Gasteiger partial charge on any atom is -0.394 e. The van der Waals surface area contributed by atoms with Crippen LogP contribution < -0.4 is 0 Å². The van der Waals surface area contributed by atoms with Crippen LogP contribution in [0.1, 0.15) is 46.0 Å². The molecule has 0 aromatic carbocycles. The Morgan fingerprint density at radius 3 is 2.19 bits per heavy atom. The van der Waals surface area contributed by atoms with E-state index in [1.807, 2.05) is 19.9 Å². The molecule has 9 N–H and O–H groups in total. The van der Waals surface area contributed by atoms with Gasteiger partial charge in [-0.1, -0.05) is 25.5 Å². The van der Waals surface area contributed by atoms with Gasteiger partial charge in [0, 0.05) is 16.7 Å². The highest BCUT2D eigenvalue weighted by molar-refractivity contribution is 6.01. The first-order valence-electron chi connectivity index (χ1n) is 16.7. The van der Waals surface area contributed by atoms with E-state index in [0.717, 1.165) is 5.57 Å². The van der Waals surface area contributed by atoms with E-state index in [9.17, 15) is 55.5 Å². The molecule has 2 aliphatic heterocycles. The van der Waals surface area contributed by atoms with E-state index >= 15 is 0 Å². The highest BCUT2D eigenvalue weighted by Gasteiger charge is 2.68. The highest BCUT2D eigenvalue weighted by Crippen LogP contribution is 2.67. The maximum Gasteiger partial charge on any atom is 0.190 e. The number of carbonyl (C=O) groups excluding carboxylic acids is 2. The lowest BCUT2D eigenvalue weighted by atomic mass is 9.46. The van der Waals surface area contributed by atoms with Crippen molar-refractivity contribution in [3.05, 3.63) is 23.8 Å². The third-order valence-electron chi connectivity index (χ3n) is 12.4. The summed E-state index contributed by atoms with van der Waals surface area (Å²) in [5.74, 6) is -1.05. The van der Waals surface area contributed by atoms with Gasteiger partial charge in [-0.15, -0.1) is 0 Å². The molecule has 5 fully saturated rings. The summed E-state index contributed by atoms with van der Waals surface area (Å²) in [5.41, 5.74) is -2.38. The summed E-state index contributed by atoms with van der Waals surface area (Å²) in [4.78, 5) is 25.9. The van der Waals surface area contributed by atoms with Crippen LogP contribution in [0.2, 0.25) is 0 Å². The molecule has 0 radical (unpaired) electrons. The van der Waals surface area contributed by atoms with Crippen molar-refractivity contribution in [2.24, 2.45) is 28.6 Å². The van der Waals surface area contributed by atoms with Gasteiger partial charge in [-0.2, -0.15) is 0 Å². The fourth-order valence-corrected chi connectivity index (χ4v) is 9.65. The number of aliphatic hydroxyl groups excluding tert-OH is 8. The second kappa shape index (κ2) is 13.1. The maximum absolute atomic E-state index is 13.8. The minimum absolute atomic E-state index is 0.00826. The molecule has 0 bridgehead atoms. The number of fused-ring (bicyclic) bond motifs is 5. The molecule has 270 valence electrons. The zero-order chi connectivity index (χ0) is 34.9. The Kier molecular flexibility index (Phi) is 9.87. The molecule has 0 amide bonds. The number of Topliss-reactive ketones (excluding diaryl/α,β-unsaturated/α-hetero) is 1. The van der Waals surface area contributed by atoms with Gasteiger partial charge < -0.3 is 64.9 Å². The normalized spacial score (nSPS) is 51.9. The second-order valence-electron chi connectivity index (χ2n) is 14.9. The number of ether oxygens (including phenoxy) is 4. The van der Waals surface area contributed by atoms with Gasteiger partial charge in [0.25, 0.3) is 0 Å². The van der Waals surface area contributed by atoms with E-state index in [1.165, 1.54) is 0 Å². The fraction of sp³-hybridized carbons (Fsp3) is 0.818. The first-order valence-corrected chi connectivity index (χ1v) is 16.7. The number of hydrogen-bond donors (Lipinski definition) is 9. The number of rotatable bonds is 8. The number of aliphatic hydroxyl groups is 9. The van der Waals surface area contributed by atoms with Gasteiger partial charge in [-0.3, -0.25) is 9.59 Å². The Morgan fingerprint density at radius 1 is 0.896 bits per heavy atom. The lowest BCUT2D eigenvalue weighted by molar-refractivity contribution is -0.330. The van der Waals surface area contributed by atoms with Crippen LogP contribution in [0.4, 0.5) is 0 Å². The topological polar surface area (TPSA) is 253 Å². The van der Waals surface area contributed by atoms with Gasteiger partial charge in [0.05, 0.1) is 19.3 Å². The molecule has 0 aromatic heterocycles. The van der Waals surface area contributed by atoms with Gasteiger partial charge in [0.1, 0.15) is 61.0 Å². The SMILES string of the molecule is C[C@]12C=CC(=O)C=C1CC[C@@H]1[C@@H]2[C@@H](O)C[C@@]2(C)[C@H]1CC[C@]2(O)C(=O)COC1OC(COC2OC(CO)C(O)C(O)C2O)C(O)C(O)C1O. The Balaban J connectivity index is 1.11. The molecule has 48 heavy (non-hydrogen) atoms. The van der Waals surface area contributed by atoms with Crippen LogP contribution in [-0.2, 0) is 28.5 Å². The molecule has 2 saturated heterocycles. The largest absolute Gasteiger partial charge is 0.394 e. The molecule has 0 aromatic rings. The molecule has 2 heterocycles. The molecule has 15 nitrogen and oxygen atoms in total. The van der Waals surface area contributed by atoms with Crippen molar-refractivity contribution >= 4 is 11.6 Å². The summed E-state index contributed by atoms with van der Waals surface area (Å²) in [6.45, 7) is 1.88. The van der Waals surface area contributed by atoms with Crippen LogP contribution in [0.3, 0.4) is 0 Å². The van der Waals surface area contributed by atoms with Crippen LogP contribution >= 0.6 is 0 Å². The third-order valence-corrected chi connectivity index (χ3v) is 12.4. The van der Waals surface area contributed by atoms with E-state index in [2.05, 4.69) is 0 Å². The van der Waals surface area contributed by atoms with Crippen molar-refractivity contribution < 1.29 is 74.5 Å². The second-order valence-corrected chi connectivity index (χ2v) is 14.9. The summed E-state index contributed by atoms with van der Waals surface area (Å²) < 4.78 is 22.0. The first kappa shape index (κ1) is 36.1. The van der Waals surface area contributed by atoms with Gasteiger partial charge in [0.15, 0.2) is 24.1 Å². The van der Waals surface area contributed by atoms with Crippen LogP contribution in [0.5, 0.6) is 0 Å². The number of carbonyl (C=O) groups is 2. The molecule has 3 saturated carbocycles. The van der Waals surface area contributed by atoms with Gasteiger partial charge in [-0.05, 0) is 56.1 Å².